The number of rotatable bonds is 2. The van der Waals surface area contributed by atoms with Crippen LogP contribution in [-0.2, 0) is 4.79 Å². The third kappa shape index (κ3) is 1.65. The van der Waals surface area contributed by atoms with Gasteiger partial charge in [0.05, 0.1) is 11.7 Å². The number of carbonyl (C=O) groups is 1. The Morgan fingerprint density at radius 2 is 2.16 bits per heavy atom. The molecular weight excluding hydrogens is 240 g/mol. The molecular formula is C14H16N4O. The number of nitrogens with two attached hydrogens (primary N) is 1. The van der Waals surface area contributed by atoms with Gasteiger partial charge in [-0.25, -0.2) is 4.98 Å². The first-order valence-corrected chi connectivity index (χ1v) is 6.74. The summed E-state index contributed by atoms with van der Waals surface area (Å²) in [5, 5.41) is 0. The van der Waals surface area contributed by atoms with Gasteiger partial charge in [-0.15, -0.1) is 0 Å². The van der Waals surface area contributed by atoms with E-state index in [0.29, 0.717) is 12.5 Å². The molecule has 0 bridgehead atoms. The molecule has 2 aromatic rings. The van der Waals surface area contributed by atoms with Crippen LogP contribution in [0.4, 0.5) is 0 Å². The Morgan fingerprint density at radius 1 is 1.32 bits per heavy atom. The fourth-order valence-corrected chi connectivity index (χ4v) is 3.02. The molecule has 98 valence electrons. The zero-order valence-corrected chi connectivity index (χ0v) is 10.6. The lowest BCUT2D eigenvalue weighted by atomic mass is 10.1. The summed E-state index contributed by atoms with van der Waals surface area (Å²) < 4.78 is 1.98. The normalized spacial score (nSPS) is 27.4. The van der Waals surface area contributed by atoms with Crippen LogP contribution in [0.1, 0.15) is 31.0 Å². The average molecular weight is 256 g/mol. The second kappa shape index (κ2) is 3.81. The van der Waals surface area contributed by atoms with Gasteiger partial charge >= 0.3 is 0 Å². The van der Waals surface area contributed by atoms with Crippen molar-refractivity contribution in [3.8, 4) is 0 Å². The summed E-state index contributed by atoms with van der Waals surface area (Å²) in [5.74, 6) is 0.178. The van der Waals surface area contributed by atoms with Crippen LogP contribution in [0.15, 0.2) is 30.6 Å². The van der Waals surface area contributed by atoms with Crippen molar-refractivity contribution in [2.24, 2.45) is 5.73 Å². The van der Waals surface area contributed by atoms with E-state index in [1.165, 1.54) is 0 Å². The molecule has 2 aromatic heterocycles. The standard InChI is InChI=1S/C14H16N4O/c15-10-7-13(19)18(9-4-5-9)14(10)11-8-17-6-2-1-3-12(17)16-11/h1-3,6,8-10,14H,4-5,7,15H2. The van der Waals surface area contributed by atoms with E-state index in [2.05, 4.69) is 4.98 Å². The maximum absolute atomic E-state index is 12.1. The highest BCUT2D eigenvalue weighted by Gasteiger charge is 2.46. The maximum atomic E-state index is 12.1. The number of likely N-dealkylation sites (tertiary alicyclic amines) is 1. The molecule has 1 amide bonds. The lowest BCUT2D eigenvalue weighted by molar-refractivity contribution is -0.129. The van der Waals surface area contributed by atoms with E-state index in [0.717, 1.165) is 24.2 Å². The van der Waals surface area contributed by atoms with Crippen LogP contribution < -0.4 is 5.73 Å². The van der Waals surface area contributed by atoms with E-state index in [1.807, 2.05) is 39.9 Å². The second-order valence-electron chi connectivity index (χ2n) is 5.48. The van der Waals surface area contributed by atoms with Crippen LogP contribution in [0, 0.1) is 0 Å². The van der Waals surface area contributed by atoms with Crippen LogP contribution in [0.5, 0.6) is 0 Å². The molecule has 19 heavy (non-hydrogen) atoms. The van der Waals surface area contributed by atoms with Gasteiger partial charge in [0.2, 0.25) is 5.91 Å². The molecule has 0 radical (unpaired) electrons. The van der Waals surface area contributed by atoms with Crippen molar-refractivity contribution in [3.05, 3.63) is 36.3 Å². The Bertz CT molecular complexity index is 613. The zero-order valence-electron chi connectivity index (χ0n) is 10.6. The van der Waals surface area contributed by atoms with Crippen LogP contribution in [0.2, 0.25) is 0 Å². The number of imidazole rings is 1. The fraction of sp³-hybridized carbons (Fsp3) is 0.429. The predicted octanol–water partition coefficient (Wildman–Crippen LogP) is 1.10. The van der Waals surface area contributed by atoms with Crippen LogP contribution >= 0.6 is 0 Å². The average Bonchev–Trinajstić information content (AvgIpc) is 3.05. The van der Waals surface area contributed by atoms with Gasteiger partial charge in [0, 0.05) is 30.9 Å². The van der Waals surface area contributed by atoms with E-state index in [1.54, 1.807) is 0 Å². The van der Waals surface area contributed by atoms with Crippen molar-refractivity contribution in [2.75, 3.05) is 0 Å². The van der Waals surface area contributed by atoms with E-state index < -0.39 is 0 Å². The Labute approximate surface area is 111 Å². The van der Waals surface area contributed by atoms with Crippen molar-refractivity contribution >= 4 is 11.6 Å². The molecule has 2 fully saturated rings. The maximum Gasteiger partial charge on any atom is 0.225 e. The van der Waals surface area contributed by atoms with Gasteiger partial charge in [-0.05, 0) is 25.0 Å². The lowest BCUT2D eigenvalue weighted by Gasteiger charge is -2.25. The van der Waals surface area contributed by atoms with Crippen LogP contribution in [0.3, 0.4) is 0 Å². The minimum absolute atomic E-state index is 0.0556. The third-order valence-corrected chi connectivity index (χ3v) is 4.03. The molecule has 1 aliphatic carbocycles. The molecule has 2 atom stereocenters. The summed E-state index contributed by atoms with van der Waals surface area (Å²) >= 11 is 0. The smallest absolute Gasteiger partial charge is 0.225 e. The number of pyridine rings is 1. The third-order valence-electron chi connectivity index (χ3n) is 4.03. The molecule has 1 aliphatic heterocycles. The summed E-state index contributed by atoms with van der Waals surface area (Å²) in [4.78, 5) is 18.7. The summed E-state index contributed by atoms with van der Waals surface area (Å²) in [6.45, 7) is 0. The Kier molecular flexibility index (Phi) is 2.20. The molecule has 2 aliphatic rings. The van der Waals surface area contributed by atoms with Gasteiger partial charge in [-0.3, -0.25) is 4.79 Å². The number of fused-ring (bicyclic) bond motifs is 1. The summed E-state index contributed by atoms with van der Waals surface area (Å²) in [5.41, 5.74) is 7.98. The molecule has 4 rings (SSSR count). The molecule has 0 aromatic carbocycles. The Balaban J connectivity index is 1.78. The van der Waals surface area contributed by atoms with Crippen molar-refractivity contribution in [3.63, 3.8) is 0 Å². The van der Waals surface area contributed by atoms with Crippen molar-refractivity contribution < 1.29 is 4.79 Å². The lowest BCUT2D eigenvalue weighted by Crippen LogP contribution is -2.34. The van der Waals surface area contributed by atoms with Gasteiger partial charge in [0.1, 0.15) is 5.65 Å². The molecule has 5 nitrogen and oxygen atoms in total. The first-order chi connectivity index (χ1) is 9.24. The number of hydrogen-bond donors (Lipinski definition) is 1. The first-order valence-electron chi connectivity index (χ1n) is 6.74. The van der Waals surface area contributed by atoms with E-state index in [9.17, 15) is 4.79 Å². The topological polar surface area (TPSA) is 63.6 Å². The van der Waals surface area contributed by atoms with E-state index in [4.69, 9.17) is 5.73 Å². The van der Waals surface area contributed by atoms with Crippen LogP contribution in [0.25, 0.3) is 5.65 Å². The Morgan fingerprint density at radius 3 is 2.89 bits per heavy atom. The van der Waals surface area contributed by atoms with Crippen molar-refractivity contribution in [1.82, 2.24) is 14.3 Å². The van der Waals surface area contributed by atoms with Gasteiger partial charge in [-0.2, -0.15) is 0 Å². The number of nitrogens with zero attached hydrogens (tertiary/aromatic N) is 3. The highest BCUT2D eigenvalue weighted by atomic mass is 16.2. The fourth-order valence-electron chi connectivity index (χ4n) is 3.02. The van der Waals surface area contributed by atoms with Crippen molar-refractivity contribution in [2.45, 2.75) is 37.4 Å². The molecule has 3 heterocycles. The number of aromatic nitrogens is 2. The van der Waals surface area contributed by atoms with Gasteiger partial charge in [-0.1, -0.05) is 6.07 Å². The molecule has 1 saturated heterocycles. The summed E-state index contributed by atoms with van der Waals surface area (Å²) in [6.07, 6.45) is 6.60. The summed E-state index contributed by atoms with van der Waals surface area (Å²) in [7, 11) is 0. The van der Waals surface area contributed by atoms with E-state index in [-0.39, 0.29) is 18.0 Å². The number of amides is 1. The predicted molar refractivity (Wildman–Crippen MR) is 70.4 cm³/mol. The molecule has 2 unspecified atom stereocenters. The number of hydrogen-bond acceptors (Lipinski definition) is 3. The molecule has 2 N–H and O–H groups in total. The van der Waals surface area contributed by atoms with Crippen LogP contribution in [-0.4, -0.2) is 32.3 Å². The second-order valence-corrected chi connectivity index (χ2v) is 5.48. The minimum atomic E-state index is -0.141. The van der Waals surface area contributed by atoms with Crippen molar-refractivity contribution in [1.29, 1.82) is 0 Å². The Hall–Kier alpha value is -1.88. The SMILES string of the molecule is NC1CC(=O)N(C2CC2)C1c1cn2ccccc2n1. The first kappa shape index (κ1) is 11.0. The minimum Gasteiger partial charge on any atom is -0.329 e. The van der Waals surface area contributed by atoms with E-state index >= 15 is 0 Å². The highest BCUT2D eigenvalue weighted by molar-refractivity contribution is 5.81. The molecule has 0 spiro atoms. The van der Waals surface area contributed by atoms with Gasteiger partial charge in [0.25, 0.3) is 0 Å². The molecule has 1 saturated carbocycles. The zero-order chi connectivity index (χ0) is 13.0. The molecule has 5 heteroatoms. The van der Waals surface area contributed by atoms with Gasteiger partial charge in [0.15, 0.2) is 0 Å². The number of carbonyl (C=O) groups excluding carboxylic acids is 1. The largest absolute Gasteiger partial charge is 0.329 e. The summed E-state index contributed by atoms with van der Waals surface area (Å²) in [6, 6.07) is 6.09. The quantitative estimate of drug-likeness (QED) is 0.875. The highest BCUT2D eigenvalue weighted by Crippen LogP contribution is 2.40. The van der Waals surface area contributed by atoms with Gasteiger partial charge < -0.3 is 15.0 Å². The monoisotopic (exact) mass is 256 g/mol.